The highest BCUT2D eigenvalue weighted by Gasteiger charge is 2.07. The van der Waals surface area contributed by atoms with Gasteiger partial charge in [-0.25, -0.2) is 0 Å². The van der Waals surface area contributed by atoms with Crippen LogP contribution in [0.5, 0.6) is 0 Å². The molecule has 1 aromatic carbocycles. The van der Waals surface area contributed by atoms with Crippen LogP contribution in [-0.2, 0) is 0 Å². The lowest BCUT2D eigenvalue weighted by molar-refractivity contribution is 0.635. The molecule has 0 aliphatic carbocycles. The van der Waals surface area contributed by atoms with Gasteiger partial charge in [0.05, 0.1) is 6.21 Å². The Balaban J connectivity index is 2.49. The molecule has 0 aliphatic heterocycles. The van der Waals surface area contributed by atoms with Gasteiger partial charge in [0.2, 0.25) is 5.16 Å². The van der Waals surface area contributed by atoms with E-state index in [-0.39, 0.29) is 11.3 Å². The van der Waals surface area contributed by atoms with Gasteiger partial charge in [-0.3, -0.25) is 4.79 Å². The number of benzene rings is 1. The first-order valence-electron chi connectivity index (χ1n) is 5.52. The van der Waals surface area contributed by atoms with E-state index in [0.29, 0.717) is 20.8 Å². The average molecular weight is 329 g/mol. The molecule has 0 atom stereocenters. The Kier molecular flexibility index (Phi) is 4.80. The number of hydrogen-bond donors (Lipinski definition) is 0. The van der Waals surface area contributed by atoms with Gasteiger partial charge in [-0.2, -0.15) is 9.78 Å². The Labute approximate surface area is 129 Å². The van der Waals surface area contributed by atoms with Gasteiger partial charge in [0.15, 0.2) is 0 Å². The highest BCUT2D eigenvalue weighted by Crippen LogP contribution is 2.19. The monoisotopic (exact) mass is 328 g/mol. The van der Waals surface area contributed by atoms with Crippen LogP contribution in [0.15, 0.2) is 33.3 Å². The molecule has 0 fully saturated rings. The summed E-state index contributed by atoms with van der Waals surface area (Å²) >= 11 is 13.2. The van der Waals surface area contributed by atoms with E-state index in [0.717, 1.165) is 0 Å². The Hall–Kier alpha value is -1.37. The highest BCUT2D eigenvalue weighted by molar-refractivity contribution is 7.98. The second-order valence-corrected chi connectivity index (χ2v) is 5.42. The average Bonchev–Trinajstić information content (AvgIpc) is 2.44. The molecule has 20 heavy (non-hydrogen) atoms. The van der Waals surface area contributed by atoms with Crippen molar-refractivity contribution in [1.29, 1.82) is 0 Å². The third kappa shape index (κ3) is 3.20. The minimum Gasteiger partial charge on any atom is -0.265 e. The molecule has 2 aromatic rings. The van der Waals surface area contributed by atoms with E-state index in [4.69, 9.17) is 23.2 Å². The zero-order valence-corrected chi connectivity index (χ0v) is 13.0. The van der Waals surface area contributed by atoms with Gasteiger partial charge in [-0.05, 0) is 31.4 Å². The number of halogens is 2. The fraction of sp³-hybridized carbons (Fsp3) is 0.167. The molecule has 8 heteroatoms. The lowest BCUT2D eigenvalue weighted by Gasteiger charge is -2.04. The zero-order valence-electron chi connectivity index (χ0n) is 10.7. The van der Waals surface area contributed by atoms with E-state index >= 15 is 0 Å². The Morgan fingerprint density at radius 1 is 1.35 bits per heavy atom. The van der Waals surface area contributed by atoms with Crippen LogP contribution < -0.4 is 5.56 Å². The Morgan fingerprint density at radius 3 is 2.80 bits per heavy atom. The minimum absolute atomic E-state index is 0.275. The van der Waals surface area contributed by atoms with Crippen molar-refractivity contribution in [3.05, 3.63) is 49.9 Å². The van der Waals surface area contributed by atoms with Crippen molar-refractivity contribution in [3.63, 3.8) is 0 Å². The van der Waals surface area contributed by atoms with Crippen molar-refractivity contribution in [2.24, 2.45) is 5.10 Å². The number of aromatic nitrogens is 3. The molecular formula is C12H10Cl2N4OS. The van der Waals surface area contributed by atoms with Crippen LogP contribution in [0.1, 0.15) is 11.3 Å². The van der Waals surface area contributed by atoms with Crippen molar-refractivity contribution >= 4 is 41.2 Å². The largest absolute Gasteiger partial charge is 0.296 e. The third-order valence-corrected chi connectivity index (χ3v) is 3.62. The molecule has 1 heterocycles. The summed E-state index contributed by atoms with van der Waals surface area (Å²) in [5.41, 5.74) is 0.573. The molecule has 0 saturated carbocycles. The van der Waals surface area contributed by atoms with E-state index in [9.17, 15) is 4.79 Å². The minimum atomic E-state index is -0.321. The number of hydrogen-bond acceptors (Lipinski definition) is 5. The maximum Gasteiger partial charge on any atom is 0.296 e. The first-order chi connectivity index (χ1) is 9.52. The summed E-state index contributed by atoms with van der Waals surface area (Å²) in [4.78, 5) is 12.0. The van der Waals surface area contributed by atoms with Gasteiger partial charge >= 0.3 is 0 Å². The topological polar surface area (TPSA) is 60.1 Å². The summed E-state index contributed by atoms with van der Waals surface area (Å²) in [6.07, 6.45) is 3.26. The van der Waals surface area contributed by atoms with Crippen molar-refractivity contribution < 1.29 is 0 Å². The molecule has 0 aliphatic rings. The van der Waals surface area contributed by atoms with Crippen molar-refractivity contribution in [1.82, 2.24) is 14.9 Å². The smallest absolute Gasteiger partial charge is 0.265 e. The zero-order chi connectivity index (χ0) is 14.7. The van der Waals surface area contributed by atoms with Gasteiger partial charge in [-0.1, -0.05) is 35.0 Å². The molecule has 1 aromatic heterocycles. The summed E-state index contributed by atoms with van der Waals surface area (Å²) < 4.78 is 1.18. The molecule has 5 nitrogen and oxygen atoms in total. The molecule has 0 unspecified atom stereocenters. The van der Waals surface area contributed by atoms with Gasteiger partial charge in [-0.15, -0.1) is 10.2 Å². The van der Waals surface area contributed by atoms with Crippen molar-refractivity contribution in [3.8, 4) is 0 Å². The first kappa shape index (κ1) is 15.0. The van der Waals surface area contributed by atoms with E-state index < -0.39 is 0 Å². The number of aryl methyl sites for hydroxylation is 1. The summed E-state index contributed by atoms with van der Waals surface area (Å²) in [6, 6.07) is 5.01. The summed E-state index contributed by atoms with van der Waals surface area (Å²) in [6.45, 7) is 1.58. The molecule has 0 N–H and O–H groups in total. The van der Waals surface area contributed by atoms with Gasteiger partial charge < -0.3 is 0 Å². The van der Waals surface area contributed by atoms with Crippen LogP contribution in [0, 0.1) is 6.92 Å². The summed E-state index contributed by atoms with van der Waals surface area (Å²) in [5.74, 6) is 0. The second-order valence-electron chi connectivity index (χ2n) is 3.80. The van der Waals surface area contributed by atoms with E-state index in [1.165, 1.54) is 22.7 Å². The normalized spacial score (nSPS) is 11.2. The molecule has 0 spiro atoms. The van der Waals surface area contributed by atoms with E-state index in [2.05, 4.69) is 15.3 Å². The lowest BCUT2D eigenvalue weighted by atomic mass is 10.2. The predicted molar refractivity (Wildman–Crippen MR) is 82.3 cm³/mol. The molecular weight excluding hydrogens is 319 g/mol. The summed E-state index contributed by atoms with van der Waals surface area (Å²) in [5, 5.41) is 13.2. The molecule has 0 radical (unpaired) electrons. The highest BCUT2D eigenvalue weighted by atomic mass is 35.5. The van der Waals surface area contributed by atoms with Crippen molar-refractivity contribution in [2.45, 2.75) is 12.1 Å². The van der Waals surface area contributed by atoms with Crippen LogP contribution in [0.4, 0.5) is 0 Å². The van der Waals surface area contributed by atoms with Crippen LogP contribution in [0.2, 0.25) is 10.0 Å². The van der Waals surface area contributed by atoms with Gasteiger partial charge in [0.25, 0.3) is 5.56 Å². The predicted octanol–water partition coefficient (Wildman–Crippen LogP) is 2.86. The molecule has 0 bridgehead atoms. The maximum absolute atomic E-state index is 12.0. The van der Waals surface area contributed by atoms with Crippen LogP contribution in [0.3, 0.4) is 0 Å². The first-order valence-corrected chi connectivity index (χ1v) is 7.50. The SMILES string of the molecule is CSc1nnc(C)c(=O)n1N=Cc1cc(Cl)ccc1Cl. The van der Waals surface area contributed by atoms with Crippen LogP contribution in [-0.4, -0.2) is 27.3 Å². The number of nitrogens with zero attached hydrogens (tertiary/aromatic N) is 4. The molecule has 0 amide bonds. The molecule has 0 saturated heterocycles. The fourth-order valence-corrected chi connectivity index (χ4v) is 2.18. The van der Waals surface area contributed by atoms with Gasteiger partial charge in [0, 0.05) is 15.6 Å². The Bertz CT molecular complexity index is 730. The van der Waals surface area contributed by atoms with E-state index in [1.54, 1.807) is 31.4 Å². The molecule has 104 valence electrons. The van der Waals surface area contributed by atoms with Crippen molar-refractivity contribution in [2.75, 3.05) is 6.26 Å². The quantitative estimate of drug-likeness (QED) is 0.642. The van der Waals surface area contributed by atoms with Gasteiger partial charge in [0.1, 0.15) is 5.69 Å². The molecule has 2 rings (SSSR count). The maximum atomic E-state index is 12.0. The van der Waals surface area contributed by atoms with Crippen LogP contribution in [0.25, 0.3) is 0 Å². The standard InChI is InChI=1S/C12H10Cl2N4OS/c1-7-11(19)18(12(20-2)17-16-7)15-6-8-5-9(13)3-4-10(8)14/h3-6H,1-2H3. The number of rotatable bonds is 3. The fourth-order valence-electron chi connectivity index (χ4n) is 1.41. The number of thioether (sulfide) groups is 1. The lowest BCUT2D eigenvalue weighted by Crippen LogP contribution is -2.23. The third-order valence-electron chi connectivity index (χ3n) is 2.42. The second kappa shape index (κ2) is 6.39. The van der Waals surface area contributed by atoms with Crippen LogP contribution >= 0.6 is 35.0 Å². The van der Waals surface area contributed by atoms with E-state index in [1.807, 2.05) is 0 Å². The Morgan fingerprint density at radius 2 is 2.10 bits per heavy atom. The summed E-state index contributed by atoms with van der Waals surface area (Å²) in [7, 11) is 0.